The Morgan fingerprint density at radius 2 is 2.25 bits per heavy atom. The zero-order valence-electron chi connectivity index (χ0n) is 8.27. The highest BCUT2D eigenvalue weighted by Crippen LogP contribution is 2.25. The van der Waals surface area contributed by atoms with Gasteiger partial charge in [-0.15, -0.1) is 11.3 Å². The van der Waals surface area contributed by atoms with Crippen LogP contribution >= 0.6 is 39.5 Å². The van der Waals surface area contributed by atoms with Crippen LogP contribution in [-0.4, -0.2) is 20.0 Å². The highest BCUT2D eigenvalue weighted by molar-refractivity contribution is 9.11. The van der Waals surface area contributed by atoms with Crippen LogP contribution in [0.5, 0.6) is 0 Å². The molecule has 0 bridgehead atoms. The zero-order valence-corrected chi connectivity index (χ0v) is 12.3. The number of thiophene rings is 1. The first kappa shape index (κ1) is 14.0. The van der Waals surface area contributed by atoms with Crippen LogP contribution in [0.25, 0.3) is 0 Å². The van der Waals surface area contributed by atoms with E-state index in [1.165, 1.54) is 11.3 Å². The van der Waals surface area contributed by atoms with Gasteiger partial charge in [-0.25, -0.2) is 13.1 Å². The van der Waals surface area contributed by atoms with E-state index in [1.54, 1.807) is 12.1 Å². The summed E-state index contributed by atoms with van der Waals surface area (Å²) in [5.41, 5.74) is 5.31. The Labute approximate surface area is 112 Å². The van der Waals surface area contributed by atoms with E-state index < -0.39 is 10.0 Å². The van der Waals surface area contributed by atoms with Crippen LogP contribution in [0.15, 0.2) is 20.1 Å². The summed E-state index contributed by atoms with van der Waals surface area (Å²) in [6.45, 7) is 0.342. The average Bonchev–Trinajstić information content (AvgIpc) is 2.60. The van der Waals surface area contributed by atoms with Crippen molar-refractivity contribution >= 4 is 54.5 Å². The fourth-order valence-corrected chi connectivity index (χ4v) is 4.26. The van der Waals surface area contributed by atoms with Crippen LogP contribution in [0.4, 0.5) is 0 Å². The molecule has 1 heterocycles. The molecule has 0 aromatic carbocycles. The molecule has 0 saturated carbocycles. The molecule has 0 unspecified atom stereocenters. The standard InChI is InChI=1S/C8H11BrN2O2S3/c9-6-3-4-8(15-6)16(12,13)11-5-1-2-7(10)14/h3-4,11H,1-2,5H2,(H2,10,14). The van der Waals surface area contributed by atoms with Crippen molar-refractivity contribution in [3.05, 3.63) is 15.9 Å². The molecule has 4 nitrogen and oxygen atoms in total. The molecule has 0 amide bonds. The second kappa shape index (κ2) is 6.06. The van der Waals surface area contributed by atoms with Crippen molar-refractivity contribution in [3.63, 3.8) is 0 Å². The topological polar surface area (TPSA) is 72.2 Å². The largest absolute Gasteiger partial charge is 0.393 e. The van der Waals surface area contributed by atoms with Crippen molar-refractivity contribution in [2.24, 2.45) is 5.73 Å². The minimum Gasteiger partial charge on any atom is -0.393 e. The Morgan fingerprint density at radius 1 is 1.56 bits per heavy atom. The quantitative estimate of drug-likeness (QED) is 0.611. The van der Waals surface area contributed by atoms with Crippen LogP contribution in [0.3, 0.4) is 0 Å². The molecule has 0 spiro atoms. The number of hydrogen-bond donors (Lipinski definition) is 2. The van der Waals surface area contributed by atoms with Gasteiger partial charge in [0.05, 0.1) is 8.77 Å². The number of thiocarbonyl (C=S) groups is 1. The van der Waals surface area contributed by atoms with Crippen LogP contribution in [-0.2, 0) is 10.0 Å². The SMILES string of the molecule is NC(=S)CCCNS(=O)(=O)c1ccc(Br)s1. The van der Waals surface area contributed by atoms with Gasteiger partial charge >= 0.3 is 0 Å². The fraction of sp³-hybridized carbons (Fsp3) is 0.375. The Morgan fingerprint density at radius 3 is 2.75 bits per heavy atom. The first-order valence-electron chi connectivity index (χ1n) is 4.45. The summed E-state index contributed by atoms with van der Waals surface area (Å²) in [5, 5.41) is 0. The maximum absolute atomic E-state index is 11.7. The Hall–Kier alpha value is -0.0200. The minimum absolute atomic E-state index is 0.301. The van der Waals surface area contributed by atoms with Crippen molar-refractivity contribution in [2.45, 2.75) is 17.1 Å². The summed E-state index contributed by atoms with van der Waals surface area (Å²) >= 11 is 9.09. The summed E-state index contributed by atoms with van der Waals surface area (Å²) < 4.78 is 27.0. The average molecular weight is 343 g/mol. The van der Waals surface area contributed by atoms with E-state index in [0.29, 0.717) is 28.6 Å². The first-order valence-corrected chi connectivity index (χ1v) is 7.95. The van der Waals surface area contributed by atoms with E-state index in [-0.39, 0.29) is 0 Å². The molecule has 16 heavy (non-hydrogen) atoms. The second-order valence-electron chi connectivity index (χ2n) is 3.03. The predicted molar refractivity (Wildman–Crippen MR) is 73.2 cm³/mol. The number of hydrogen-bond acceptors (Lipinski definition) is 4. The highest BCUT2D eigenvalue weighted by Gasteiger charge is 2.15. The van der Waals surface area contributed by atoms with E-state index in [1.807, 2.05) is 0 Å². The Bertz CT molecular complexity index is 469. The van der Waals surface area contributed by atoms with Crippen molar-refractivity contribution in [3.8, 4) is 0 Å². The van der Waals surface area contributed by atoms with Gasteiger partial charge in [0.2, 0.25) is 10.0 Å². The van der Waals surface area contributed by atoms with E-state index >= 15 is 0 Å². The van der Waals surface area contributed by atoms with Gasteiger partial charge in [-0.2, -0.15) is 0 Å². The van der Waals surface area contributed by atoms with Crippen LogP contribution in [0.2, 0.25) is 0 Å². The van der Waals surface area contributed by atoms with E-state index in [0.717, 1.165) is 3.79 Å². The van der Waals surface area contributed by atoms with Gasteiger partial charge in [-0.3, -0.25) is 0 Å². The highest BCUT2D eigenvalue weighted by atomic mass is 79.9. The van der Waals surface area contributed by atoms with Gasteiger partial charge in [-0.1, -0.05) is 12.2 Å². The molecular formula is C8H11BrN2O2S3. The lowest BCUT2D eigenvalue weighted by atomic mass is 10.3. The number of nitrogens with two attached hydrogens (primary N) is 1. The molecule has 0 aliphatic carbocycles. The van der Waals surface area contributed by atoms with E-state index in [4.69, 9.17) is 18.0 Å². The Balaban J connectivity index is 2.50. The maximum atomic E-state index is 11.7. The molecule has 1 rings (SSSR count). The smallest absolute Gasteiger partial charge is 0.250 e. The maximum Gasteiger partial charge on any atom is 0.250 e. The van der Waals surface area contributed by atoms with Gasteiger partial charge in [0.1, 0.15) is 4.21 Å². The third kappa shape index (κ3) is 4.46. The van der Waals surface area contributed by atoms with Gasteiger partial charge < -0.3 is 5.73 Å². The van der Waals surface area contributed by atoms with Gasteiger partial charge in [0.15, 0.2) is 0 Å². The molecule has 0 aliphatic heterocycles. The normalized spacial score (nSPS) is 11.6. The minimum atomic E-state index is -3.38. The van der Waals surface area contributed by atoms with Gasteiger partial charge in [-0.05, 0) is 40.9 Å². The molecule has 1 aromatic heterocycles. The van der Waals surface area contributed by atoms with Gasteiger partial charge in [0, 0.05) is 6.54 Å². The summed E-state index contributed by atoms with van der Waals surface area (Å²) in [5.74, 6) is 0. The number of sulfonamides is 1. The van der Waals surface area contributed by atoms with Crippen LogP contribution < -0.4 is 10.5 Å². The molecule has 0 saturated heterocycles. The van der Waals surface area contributed by atoms with Crippen molar-refractivity contribution in [1.82, 2.24) is 4.72 Å². The van der Waals surface area contributed by atoms with E-state index in [9.17, 15) is 8.42 Å². The lowest BCUT2D eigenvalue weighted by Crippen LogP contribution is -2.24. The summed E-state index contributed by atoms with van der Waals surface area (Å²) in [6, 6.07) is 3.26. The van der Waals surface area contributed by atoms with E-state index in [2.05, 4.69) is 20.7 Å². The molecule has 90 valence electrons. The third-order valence-electron chi connectivity index (χ3n) is 1.71. The summed E-state index contributed by atoms with van der Waals surface area (Å²) in [6.07, 6.45) is 1.16. The molecule has 0 atom stereocenters. The molecule has 0 radical (unpaired) electrons. The first-order chi connectivity index (χ1) is 7.42. The zero-order chi connectivity index (χ0) is 12.2. The van der Waals surface area contributed by atoms with Crippen molar-refractivity contribution < 1.29 is 8.42 Å². The fourth-order valence-electron chi connectivity index (χ4n) is 0.982. The lowest BCUT2D eigenvalue weighted by Gasteiger charge is -2.03. The molecular weight excluding hydrogens is 332 g/mol. The van der Waals surface area contributed by atoms with Crippen molar-refractivity contribution in [2.75, 3.05) is 6.54 Å². The number of halogens is 1. The molecule has 0 fully saturated rings. The second-order valence-corrected chi connectivity index (χ2v) is 8.01. The number of nitrogens with one attached hydrogen (secondary N) is 1. The predicted octanol–water partition coefficient (Wildman–Crippen LogP) is 1.86. The molecule has 3 N–H and O–H groups in total. The molecule has 0 aliphatic rings. The van der Waals surface area contributed by atoms with Crippen LogP contribution in [0, 0.1) is 0 Å². The van der Waals surface area contributed by atoms with Crippen molar-refractivity contribution in [1.29, 1.82) is 0 Å². The number of rotatable bonds is 6. The summed E-state index contributed by atoms with van der Waals surface area (Å²) in [7, 11) is -3.38. The molecule has 8 heteroatoms. The molecule has 1 aromatic rings. The van der Waals surface area contributed by atoms with Gasteiger partial charge in [0.25, 0.3) is 0 Å². The Kier molecular flexibility index (Phi) is 5.32. The lowest BCUT2D eigenvalue weighted by molar-refractivity contribution is 0.582. The van der Waals surface area contributed by atoms with Crippen LogP contribution in [0.1, 0.15) is 12.8 Å². The third-order valence-corrected chi connectivity index (χ3v) is 5.49. The summed E-state index contributed by atoms with van der Waals surface area (Å²) in [4.78, 5) is 0.401. The monoisotopic (exact) mass is 342 g/mol.